The fourth-order valence-corrected chi connectivity index (χ4v) is 5.20. The molecule has 0 aliphatic carbocycles. The molecule has 0 bridgehead atoms. The van der Waals surface area contributed by atoms with Crippen molar-refractivity contribution < 1.29 is 14.6 Å². The number of carbonyl (C=O) groups is 1. The molecule has 0 saturated carbocycles. The molecular weight excluding hydrogens is 456 g/mol. The molecule has 0 fully saturated rings. The van der Waals surface area contributed by atoms with E-state index in [1.165, 1.54) is 141 Å². The summed E-state index contributed by atoms with van der Waals surface area (Å²) in [5.41, 5.74) is 0. The number of unbranched alkanes of at least 4 members (excludes halogenated alkanes) is 23. The maximum atomic E-state index is 11.9. The van der Waals surface area contributed by atoms with Gasteiger partial charge in [-0.3, -0.25) is 4.79 Å². The lowest BCUT2D eigenvalue weighted by atomic mass is 10.0. The smallest absolute Gasteiger partial charge is 0.308 e. The largest absolute Gasteiger partial charge is 0.436 e. The van der Waals surface area contributed by atoms with Crippen LogP contribution in [-0.4, -0.2) is 17.4 Å². The van der Waals surface area contributed by atoms with Crippen molar-refractivity contribution in [3.63, 3.8) is 0 Å². The average molecular weight is 525 g/mol. The second-order valence-electron chi connectivity index (χ2n) is 12.2. The Balaban J connectivity index is 3.28. The van der Waals surface area contributed by atoms with Crippen LogP contribution in [0.25, 0.3) is 0 Å². The molecule has 3 nitrogen and oxygen atoms in total. The van der Waals surface area contributed by atoms with Gasteiger partial charge in [-0.2, -0.15) is 0 Å². The third-order valence-electron chi connectivity index (χ3n) is 7.73. The van der Waals surface area contributed by atoms with Crippen LogP contribution in [0.4, 0.5) is 0 Å². The lowest BCUT2D eigenvalue weighted by Crippen LogP contribution is -2.17. The summed E-state index contributed by atoms with van der Waals surface area (Å²) in [6.07, 6.45) is 34.2. The Hall–Kier alpha value is -0.570. The zero-order chi connectivity index (χ0) is 27.2. The van der Waals surface area contributed by atoms with Crippen molar-refractivity contribution in [2.24, 2.45) is 5.92 Å². The lowest BCUT2D eigenvalue weighted by Gasteiger charge is -2.12. The van der Waals surface area contributed by atoms with Gasteiger partial charge in [0.1, 0.15) is 0 Å². The predicted molar refractivity (Wildman–Crippen MR) is 162 cm³/mol. The Morgan fingerprint density at radius 3 is 1.22 bits per heavy atom. The Labute approximate surface area is 233 Å². The molecule has 1 N–H and O–H groups in total. The van der Waals surface area contributed by atoms with Crippen LogP contribution in [-0.2, 0) is 9.53 Å². The molecule has 0 aliphatic heterocycles. The van der Waals surface area contributed by atoms with Crippen LogP contribution in [0.3, 0.4) is 0 Å². The molecule has 0 aromatic rings. The molecule has 0 aromatic carbocycles. The van der Waals surface area contributed by atoms with Crippen molar-refractivity contribution in [2.75, 3.05) is 0 Å². The number of hydrogen-bond donors (Lipinski definition) is 1. The molecule has 0 spiro atoms. The highest BCUT2D eigenvalue weighted by atomic mass is 16.6. The van der Waals surface area contributed by atoms with E-state index in [4.69, 9.17) is 4.74 Å². The SMILES string of the molecule is CCCCCCCCCCCCCCCC(O)OC(=O)CCCCCCCCCCCCCCC(C)C. The first-order valence-electron chi connectivity index (χ1n) is 16.9. The maximum absolute atomic E-state index is 11.9. The first-order valence-corrected chi connectivity index (χ1v) is 16.9. The topological polar surface area (TPSA) is 46.5 Å². The predicted octanol–water partition coefficient (Wildman–Crippen LogP) is 11.4. The molecule has 0 aliphatic rings. The minimum atomic E-state index is -0.907. The average Bonchev–Trinajstić information content (AvgIpc) is 2.86. The number of rotatable bonds is 30. The molecule has 0 saturated heterocycles. The van der Waals surface area contributed by atoms with E-state index in [1.807, 2.05) is 0 Å². The first kappa shape index (κ1) is 36.4. The summed E-state index contributed by atoms with van der Waals surface area (Å²) in [5.74, 6) is 0.631. The van der Waals surface area contributed by atoms with E-state index in [9.17, 15) is 9.90 Å². The van der Waals surface area contributed by atoms with Gasteiger partial charge in [-0.1, -0.05) is 175 Å². The molecule has 3 heteroatoms. The van der Waals surface area contributed by atoms with E-state index in [2.05, 4.69) is 20.8 Å². The van der Waals surface area contributed by atoms with Crippen molar-refractivity contribution in [3.8, 4) is 0 Å². The molecule has 1 atom stereocenters. The summed E-state index contributed by atoms with van der Waals surface area (Å²) in [7, 11) is 0. The van der Waals surface area contributed by atoms with E-state index >= 15 is 0 Å². The van der Waals surface area contributed by atoms with Crippen LogP contribution in [0, 0.1) is 5.92 Å². The zero-order valence-corrected chi connectivity index (χ0v) is 25.7. The fourth-order valence-electron chi connectivity index (χ4n) is 5.20. The Bertz CT molecular complexity index is 448. The van der Waals surface area contributed by atoms with Gasteiger partial charge < -0.3 is 9.84 Å². The number of ether oxygens (including phenoxy) is 1. The molecule has 0 rings (SSSR count). The standard InChI is InChI=1S/C34H68O3/c1-4-5-6-7-8-9-10-11-15-18-21-24-27-30-33(35)37-34(36)31-28-25-22-19-16-13-12-14-17-20-23-26-29-32(2)3/h32-33,35H,4-31H2,1-3H3. The summed E-state index contributed by atoms with van der Waals surface area (Å²) in [4.78, 5) is 11.9. The van der Waals surface area contributed by atoms with Crippen molar-refractivity contribution in [2.45, 2.75) is 207 Å². The third-order valence-corrected chi connectivity index (χ3v) is 7.73. The van der Waals surface area contributed by atoms with E-state index in [1.54, 1.807) is 0 Å². The first-order chi connectivity index (χ1) is 18.1. The number of aliphatic hydroxyl groups is 1. The number of esters is 1. The van der Waals surface area contributed by atoms with Crippen molar-refractivity contribution in [3.05, 3.63) is 0 Å². The van der Waals surface area contributed by atoms with Crippen LogP contribution in [0.5, 0.6) is 0 Å². The highest BCUT2D eigenvalue weighted by molar-refractivity contribution is 5.69. The van der Waals surface area contributed by atoms with Crippen LogP contribution in [0.15, 0.2) is 0 Å². The quantitative estimate of drug-likeness (QED) is 0.0577. The van der Waals surface area contributed by atoms with Gasteiger partial charge in [-0.25, -0.2) is 0 Å². The molecule has 222 valence electrons. The summed E-state index contributed by atoms with van der Waals surface area (Å²) < 4.78 is 5.19. The summed E-state index contributed by atoms with van der Waals surface area (Å²) in [6, 6.07) is 0. The highest BCUT2D eigenvalue weighted by Crippen LogP contribution is 2.16. The maximum Gasteiger partial charge on any atom is 0.308 e. The second kappa shape index (κ2) is 30.0. The fraction of sp³-hybridized carbons (Fsp3) is 0.971. The third kappa shape index (κ3) is 31.5. The van der Waals surface area contributed by atoms with Crippen molar-refractivity contribution in [1.82, 2.24) is 0 Å². The Kier molecular flexibility index (Phi) is 29.5. The Morgan fingerprint density at radius 1 is 0.514 bits per heavy atom. The van der Waals surface area contributed by atoms with Gasteiger partial charge >= 0.3 is 5.97 Å². The van der Waals surface area contributed by atoms with Crippen molar-refractivity contribution >= 4 is 5.97 Å². The second-order valence-corrected chi connectivity index (χ2v) is 12.2. The molecular formula is C34H68O3. The molecule has 0 heterocycles. The molecule has 1 unspecified atom stereocenters. The van der Waals surface area contributed by atoms with Crippen molar-refractivity contribution in [1.29, 1.82) is 0 Å². The minimum Gasteiger partial charge on any atom is -0.436 e. The van der Waals surface area contributed by atoms with Crippen LogP contribution >= 0.6 is 0 Å². The lowest BCUT2D eigenvalue weighted by molar-refractivity contribution is -0.168. The van der Waals surface area contributed by atoms with Gasteiger partial charge in [-0.05, 0) is 18.8 Å². The van der Waals surface area contributed by atoms with E-state index in [-0.39, 0.29) is 5.97 Å². The van der Waals surface area contributed by atoms with Gasteiger partial charge in [0.15, 0.2) is 0 Å². The van der Waals surface area contributed by atoms with Gasteiger partial charge in [0.05, 0.1) is 0 Å². The molecule has 0 radical (unpaired) electrons. The monoisotopic (exact) mass is 525 g/mol. The Morgan fingerprint density at radius 2 is 0.838 bits per heavy atom. The van der Waals surface area contributed by atoms with Gasteiger partial charge in [0.2, 0.25) is 6.29 Å². The van der Waals surface area contributed by atoms with E-state index in [0.29, 0.717) is 12.8 Å². The molecule has 0 aromatic heterocycles. The van der Waals surface area contributed by atoms with Gasteiger partial charge in [-0.15, -0.1) is 0 Å². The van der Waals surface area contributed by atoms with Gasteiger partial charge in [0.25, 0.3) is 0 Å². The summed E-state index contributed by atoms with van der Waals surface area (Å²) >= 11 is 0. The normalized spacial score (nSPS) is 12.4. The number of hydrogen-bond acceptors (Lipinski definition) is 3. The van der Waals surface area contributed by atoms with Crippen LogP contribution in [0.1, 0.15) is 201 Å². The summed E-state index contributed by atoms with van der Waals surface area (Å²) in [5, 5.41) is 9.98. The number of carbonyl (C=O) groups excluding carboxylic acids is 1. The zero-order valence-electron chi connectivity index (χ0n) is 25.7. The summed E-state index contributed by atoms with van der Waals surface area (Å²) in [6.45, 7) is 6.91. The van der Waals surface area contributed by atoms with E-state index < -0.39 is 6.29 Å². The minimum absolute atomic E-state index is 0.226. The van der Waals surface area contributed by atoms with Gasteiger partial charge in [0, 0.05) is 12.8 Å². The molecule has 0 amide bonds. The molecule has 37 heavy (non-hydrogen) atoms. The van der Waals surface area contributed by atoms with Crippen LogP contribution in [0.2, 0.25) is 0 Å². The van der Waals surface area contributed by atoms with E-state index in [0.717, 1.165) is 31.6 Å². The van der Waals surface area contributed by atoms with Crippen LogP contribution < -0.4 is 0 Å². The number of aliphatic hydroxyl groups excluding tert-OH is 1. The highest BCUT2D eigenvalue weighted by Gasteiger charge is 2.10.